The van der Waals surface area contributed by atoms with Gasteiger partial charge in [-0.2, -0.15) is 0 Å². The first kappa shape index (κ1) is 12.0. The zero-order valence-electron chi connectivity index (χ0n) is 9.74. The smallest absolute Gasteiger partial charge is 0.150 e. The van der Waals surface area contributed by atoms with E-state index in [1.807, 2.05) is 0 Å². The van der Waals surface area contributed by atoms with Crippen molar-refractivity contribution in [1.29, 1.82) is 0 Å². The molecule has 0 aliphatic rings. The molecule has 0 heterocycles. The predicted octanol–water partition coefficient (Wildman–Crippen LogP) is 4.77. The molecule has 3 heteroatoms. The molecule has 0 amide bonds. The number of benzene rings is 3. The SMILES string of the molecule is Cl[SiH](Cl)Cc1c2ccccc2cc2ccccc12. The van der Waals surface area contributed by atoms with Crippen molar-refractivity contribution in [3.05, 3.63) is 60.2 Å². The largest absolute Gasteiger partial charge is 0.241 e. The molecular formula is C15H12Cl2Si. The van der Waals surface area contributed by atoms with E-state index < -0.39 is 7.42 Å². The van der Waals surface area contributed by atoms with Crippen LogP contribution >= 0.6 is 22.2 Å². The molecule has 3 aromatic rings. The minimum absolute atomic E-state index is 0.810. The lowest BCUT2D eigenvalue weighted by Gasteiger charge is -2.11. The van der Waals surface area contributed by atoms with Crippen molar-refractivity contribution in [3.8, 4) is 0 Å². The first-order valence-corrected chi connectivity index (χ1v) is 10.2. The summed E-state index contributed by atoms with van der Waals surface area (Å²) in [6.45, 7) is 0. The molecule has 3 rings (SSSR count). The average molecular weight is 291 g/mol. The van der Waals surface area contributed by atoms with Crippen LogP contribution in [0.25, 0.3) is 21.5 Å². The fraction of sp³-hybridized carbons (Fsp3) is 0.0667. The summed E-state index contributed by atoms with van der Waals surface area (Å²) in [5, 5.41) is 5.06. The van der Waals surface area contributed by atoms with Crippen LogP contribution in [0.15, 0.2) is 54.6 Å². The lowest BCUT2D eigenvalue weighted by Crippen LogP contribution is -2.01. The Kier molecular flexibility index (Phi) is 3.29. The number of hydrogen-bond donors (Lipinski definition) is 0. The third kappa shape index (κ3) is 2.14. The van der Waals surface area contributed by atoms with Gasteiger partial charge in [0.05, 0.1) is 0 Å². The Bertz CT molecular complexity index is 653. The van der Waals surface area contributed by atoms with Crippen molar-refractivity contribution in [2.75, 3.05) is 0 Å². The lowest BCUT2D eigenvalue weighted by molar-refractivity contribution is 1.48. The van der Waals surface area contributed by atoms with Gasteiger partial charge in [0.15, 0.2) is 0 Å². The van der Waals surface area contributed by atoms with Crippen LogP contribution in [0, 0.1) is 0 Å². The van der Waals surface area contributed by atoms with Crippen LogP contribution < -0.4 is 0 Å². The molecule has 0 bridgehead atoms. The molecule has 18 heavy (non-hydrogen) atoms. The number of fused-ring (bicyclic) bond motifs is 2. The molecule has 0 saturated heterocycles. The molecule has 90 valence electrons. The van der Waals surface area contributed by atoms with E-state index in [1.165, 1.54) is 27.1 Å². The van der Waals surface area contributed by atoms with Crippen LogP contribution in [0.4, 0.5) is 0 Å². The molecule has 0 spiro atoms. The summed E-state index contributed by atoms with van der Waals surface area (Å²) in [6, 6.07) is 19.9. The zero-order valence-corrected chi connectivity index (χ0v) is 12.4. The lowest BCUT2D eigenvalue weighted by atomic mass is 9.98. The highest BCUT2D eigenvalue weighted by Crippen LogP contribution is 2.29. The van der Waals surface area contributed by atoms with Crippen LogP contribution in [0.3, 0.4) is 0 Å². The van der Waals surface area contributed by atoms with E-state index in [0.29, 0.717) is 0 Å². The second kappa shape index (κ2) is 4.92. The fourth-order valence-corrected chi connectivity index (χ4v) is 4.16. The molecule has 0 nitrogen and oxygen atoms in total. The number of rotatable bonds is 2. The standard InChI is InChI=1S/C15H12Cl2Si/c16-18(17)10-15-13-7-3-1-5-11(13)9-12-6-2-4-8-14(12)15/h1-9,18H,10H2. The van der Waals surface area contributed by atoms with Gasteiger partial charge in [-0.3, -0.25) is 0 Å². The second-order valence-corrected chi connectivity index (χ2v) is 9.41. The maximum absolute atomic E-state index is 6.12. The third-order valence-corrected chi connectivity index (χ3v) is 4.88. The van der Waals surface area contributed by atoms with Gasteiger partial charge in [-0.15, -0.1) is 22.2 Å². The maximum atomic E-state index is 6.12. The Labute approximate surface area is 117 Å². The minimum Gasteiger partial charge on any atom is -0.150 e. The summed E-state index contributed by atoms with van der Waals surface area (Å²) in [4.78, 5) is 0. The summed E-state index contributed by atoms with van der Waals surface area (Å²) in [6.07, 6.45) is 0. The van der Waals surface area contributed by atoms with Gasteiger partial charge in [0, 0.05) is 0 Å². The normalized spacial score (nSPS) is 11.5. The van der Waals surface area contributed by atoms with Gasteiger partial charge >= 0.3 is 0 Å². The molecule has 0 unspecified atom stereocenters. The van der Waals surface area contributed by atoms with Crippen LogP contribution in [-0.2, 0) is 6.04 Å². The summed E-state index contributed by atoms with van der Waals surface area (Å²) in [5.41, 5.74) is 1.30. The van der Waals surface area contributed by atoms with E-state index in [-0.39, 0.29) is 0 Å². The van der Waals surface area contributed by atoms with Gasteiger partial charge in [-0.25, -0.2) is 0 Å². The third-order valence-electron chi connectivity index (χ3n) is 3.24. The summed E-state index contributed by atoms with van der Waals surface area (Å²) in [5.74, 6) is 0. The predicted molar refractivity (Wildman–Crippen MR) is 84.0 cm³/mol. The summed E-state index contributed by atoms with van der Waals surface area (Å²) in [7, 11) is -1.67. The van der Waals surface area contributed by atoms with Gasteiger partial charge in [0.2, 0.25) is 7.42 Å². The molecule has 0 aliphatic carbocycles. The van der Waals surface area contributed by atoms with E-state index in [0.717, 1.165) is 6.04 Å². The molecule has 3 aromatic carbocycles. The van der Waals surface area contributed by atoms with Crippen LogP contribution in [0.1, 0.15) is 5.56 Å². The summed E-state index contributed by atoms with van der Waals surface area (Å²) >= 11 is 12.2. The van der Waals surface area contributed by atoms with Crippen molar-refractivity contribution in [2.24, 2.45) is 0 Å². The molecular weight excluding hydrogens is 279 g/mol. The van der Waals surface area contributed by atoms with Crippen molar-refractivity contribution in [3.63, 3.8) is 0 Å². The molecule has 0 radical (unpaired) electrons. The van der Waals surface area contributed by atoms with Crippen molar-refractivity contribution < 1.29 is 0 Å². The van der Waals surface area contributed by atoms with E-state index in [9.17, 15) is 0 Å². The molecule has 0 aromatic heterocycles. The van der Waals surface area contributed by atoms with Crippen LogP contribution in [0.5, 0.6) is 0 Å². The van der Waals surface area contributed by atoms with Crippen molar-refractivity contribution in [1.82, 2.24) is 0 Å². The van der Waals surface area contributed by atoms with E-state index >= 15 is 0 Å². The van der Waals surface area contributed by atoms with E-state index in [4.69, 9.17) is 22.2 Å². The highest BCUT2D eigenvalue weighted by Gasteiger charge is 2.11. The average Bonchev–Trinajstić information content (AvgIpc) is 2.38. The minimum atomic E-state index is -1.67. The Morgan fingerprint density at radius 2 is 1.28 bits per heavy atom. The van der Waals surface area contributed by atoms with Crippen LogP contribution in [-0.4, -0.2) is 7.42 Å². The van der Waals surface area contributed by atoms with Gasteiger partial charge in [-0.05, 0) is 39.2 Å². The first-order valence-electron chi connectivity index (χ1n) is 5.93. The highest BCUT2D eigenvalue weighted by molar-refractivity contribution is 7.33. The van der Waals surface area contributed by atoms with Gasteiger partial charge in [-0.1, -0.05) is 48.5 Å². The first-order chi connectivity index (χ1) is 8.75. The van der Waals surface area contributed by atoms with Crippen molar-refractivity contribution >= 4 is 51.1 Å². The van der Waals surface area contributed by atoms with Gasteiger partial charge < -0.3 is 0 Å². The molecule has 0 N–H and O–H groups in total. The Morgan fingerprint density at radius 1 is 0.778 bits per heavy atom. The summed E-state index contributed by atoms with van der Waals surface area (Å²) < 4.78 is 0. The highest BCUT2D eigenvalue weighted by atomic mass is 35.7. The molecule has 0 aliphatic heterocycles. The Morgan fingerprint density at radius 3 is 1.78 bits per heavy atom. The molecule has 0 atom stereocenters. The van der Waals surface area contributed by atoms with Crippen LogP contribution in [0.2, 0.25) is 0 Å². The second-order valence-electron chi connectivity index (χ2n) is 4.39. The quantitative estimate of drug-likeness (QED) is 0.362. The van der Waals surface area contributed by atoms with Crippen molar-refractivity contribution in [2.45, 2.75) is 6.04 Å². The van der Waals surface area contributed by atoms with Gasteiger partial charge in [0.1, 0.15) is 0 Å². The Balaban J connectivity index is 2.41. The Hall–Kier alpha value is -1.02. The number of hydrogen-bond acceptors (Lipinski definition) is 0. The number of halogens is 2. The van der Waals surface area contributed by atoms with E-state index in [2.05, 4.69) is 54.6 Å². The monoisotopic (exact) mass is 290 g/mol. The molecule has 0 fully saturated rings. The zero-order chi connectivity index (χ0) is 12.5. The van der Waals surface area contributed by atoms with E-state index in [1.54, 1.807) is 0 Å². The molecule has 0 saturated carbocycles. The fourth-order valence-electron chi connectivity index (χ4n) is 2.48. The van der Waals surface area contributed by atoms with Gasteiger partial charge in [0.25, 0.3) is 0 Å². The maximum Gasteiger partial charge on any atom is 0.241 e. The topological polar surface area (TPSA) is 0 Å².